The molecule has 2 rings (SSSR count). The zero-order valence-electron chi connectivity index (χ0n) is 13.1. The minimum atomic E-state index is -3.39. The van der Waals surface area contributed by atoms with E-state index >= 15 is 0 Å². The molecule has 0 bridgehead atoms. The summed E-state index contributed by atoms with van der Waals surface area (Å²) in [6, 6.07) is 1.88. The summed E-state index contributed by atoms with van der Waals surface area (Å²) in [5, 5.41) is 5.09. The second-order valence-corrected chi connectivity index (χ2v) is 8.81. The highest BCUT2D eigenvalue weighted by molar-refractivity contribution is 7.89. The van der Waals surface area contributed by atoms with Crippen molar-refractivity contribution in [2.45, 2.75) is 57.0 Å². The number of hydrogen-bond donors (Lipinski definition) is 1. The van der Waals surface area contributed by atoms with Crippen molar-refractivity contribution in [1.29, 1.82) is 0 Å². The molecule has 0 amide bonds. The van der Waals surface area contributed by atoms with Crippen molar-refractivity contribution in [1.82, 2.24) is 9.62 Å². The molecule has 2 unspecified atom stereocenters. The van der Waals surface area contributed by atoms with E-state index in [2.05, 4.69) is 12.2 Å². The quantitative estimate of drug-likeness (QED) is 0.872. The molecule has 1 saturated carbocycles. The van der Waals surface area contributed by atoms with Crippen LogP contribution in [0.15, 0.2) is 16.3 Å². The summed E-state index contributed by atoms with van der Waals surface area (Å²) in [4.78, 5) is 1.39. The van der Waals surface area contributed by atoms with Crippen LogP contribution in [-0.4, -0.2) is 32.4 Å². The van der Waals surface area contributed by atoms with E-state index in [0.717, 1.165) is 30.7 Å². The lowest BCUT2D eigenvalue weighted by atomic mass is 9.86. The highest BCUT2D eigenvalue weighted by Crippen LogP contribution is 2.32. The van der Waals surface area contributed by atoms with Gasteiger partial charge in [-0.25, -0.2) is 8.42 Å². The summed E-state index contributed by atoms with van der Waals surface area (Å²) >= 11 is 1.51. The fraction of sp³-hybridized carbons (Fsp3) is 0.733. The standard InChI is InChI=1S/C15H26N2O2S2/c1-4-16-11-14-15(9-10-20-14)21(18,19)17(3)13-8-6-5-7-12(13)2/h9-10,12-13,16H,4-8,11H2,1-3H3. The maximum atomic E-state index is 12.9. The Hall–Kier alpha value is -0.430. The van der Waals surface area contributed by atoms with Gasteiger partial charge in [0.2, 0.25) is 10.0 Å². The summed E-state index contributed by atoms with van der Waals surface area (Å²) in [5.74, 6) is 0.439. The predicted molar refractivity (Wildman–Crippen MR) is 88.1 cm³/mol. The average Bonchev–Trinajstić information content (AvgIpc) is 2.94. The number of hydrogen-bond acceptors (Lipinski definition) is 4. The van der Waals surface area contributed by atoms with Gasteiger partial charge < -0.3 is 5.32 Å². The summed E-state index contributed by atoms with van der Waals surface area (Å²) in [5.41, 5.74) is 0. The van der Waals surface area contributed by atoms with Crippen molar-refractivity contribution in [3.05, 3.63) is 16.3 Å². The van der Waals surface area contributed by atoms with Gasteiger partial charge in [-0.05, 0) is 36.8 Å². The Morgan fingerprint density at radius 1 is 1.38 bits per heavy atom. The monoisotopic (exact) mass is 330 g/mol. The van der Waals surface area contributed by atoms with Gasteiger partial charge in [0.25, 0.3) is 0 Å². The number of nitrogens with zero attached hydrogens (tertiary/aromatic N) is 1. The van der Waals surface area contributed by atoms with E-state index in [0.29, 0.717) is 17.4 Å². The Morgan fingerprint density at radius 3 is 2.76 bits per heavy atom. The van der Waals surface area contributed by atoms with E-state index < -0.39 is 10.0 Å². The molecule has 120 valence electrons. The van der Waals surface area contributed by atoms with Gasteiger partial charge in [-0.3, -0.25) is 0 Å². The van der Waals surface area contributed by atoms with Crippen LogP contribution in [0.3, 0.4) is 0 Å². The van der Waals surface area contributed by atoms with Crippen LogP contribution in [0.5, 0.6) is 0 Å². The molecule has 0 radical (unpaired) electrons. The first-order valence-corrected chi connectivity index (χ1v) is 10.1. The average molecular weight is 331 g/mol. The number of sulfonamides is 1. The lowest BCUT2D eigenvalue weighted by molar-refractivity contribution is 0.213. The van der Waals surface area contributed by atoms with Crippen LogP contribution in [-0.2, 0) is 16.6 Å². The second-order valence-electron chi connectivity index (χ2n) is 5.84. The maximum Gasteiger partial charge on any atom is 0.244 e. The Labute approximate surface area is 132 Å². The smallest absolute Gasteiger partial charge is 0.244 e. The number of thiophene rings is 1. The summed E-state index contributed by atoms with van der Waals surface area (Å²) in [6.45, 7) is 5.66. The third kappa shape index (κ3) is 3.67. The molecule has 1 aromatic heterocycles. The van der Waals surface area contributed by atoms with E-state index in [1.165, 1.54) is 17.8 Å². The first-order chi connectivity index (χ1) is 9.98. The molecule has 1 aliphatic rings. The maximum absolute atomic E-state index is 12.9. The Balaban J connectivity index is 2.22. The molecule has 0 aromatic carbocycles. The van der Waals surface area contributed by atoms with E-state index in [9.17, 15) is 8.42 Å². The fourth-order valence-corrected chi connectivity index (χ4v) is 5.96. The molecule has 4 nitrogen and oxygen atoms in total. The van der Waals surface area contributed by atoms with Crippen LogP contribution >= 0.6 is 11.3 Å². The molecule has 1 heterocycles. The molecule has 6 heteroatoms. The predicted octanol–water partition coefficient (Wildman–Crippen LogP) is 3.06. The number of rotatable bonds is 6. The first-order valence-electron chi connectivity index (χ1n) is 7.73. The van der Waals surface area contributed by atoms with Crippen molar-refractivity contribution >= 4 is 21.4 Å². The second kappa shape index (κ2) is 7.22. The van der Waals surface area contributed by atoms with Gasteiger partial charge in [0.15, 0.2) is 0 Å². The lowest BCUT2D eigenvalue weighted by Gasteiger charge is -2.35. The Morgan fingerprint density at radius 2 is 2.10 bits per heavy atom. The van der Waals surface area contributed by atoms with Crippen molar-refractivity contribution in [3.63, 3.8) is 0 Å². The lowest BCUT2D eigenvalue weighted by Crippen LogP contribution is -2.42. The van der Waals surface area contributed by atoms with Crippen molar-refractivity contribution < 1.29 is 8.42 Å². The molecule has 21 heavy (non-hydrogen) atoms. The molecule has 0 saturated heterocycles. The zero-order chi connectivity index (χ0) is 15.5. The zero-order valence-corrected chi connectivity index (χ0v) is 14.8. The van der Waals surface area contributed by atoms with Gasteiger partial charge in [0.1, 0.15) is 0 Å². The highest BCUT2D eigenvalue weighted by Gasteiger charge is 2.34. The fourth-order valence-electron chi connectivity index (χ4n) is 3.10. The first kappa shape index (κ1) is 16.9. The summed E-state index contributed by atoms with van der Waals surface area (Å²) in [7, 11) is -1.64. The van der Waals surface area contributed by atoms with Gasteiger partial charge in [0, 0.05) is 24.5 Å². The Kier molecular flexibility index (Phi) is 5.82. The molecular formula is C15H26N2O2S2. The van der Waals surface area contributed by atoms with Gasteiger partial charge >= 0.3 is 0 Å². The van der Waals surface area contributed by atoms with Crippen LogP contribution in [0.1, 0.15) is 44.4 Å². The van der Waals surface area contributed by atoms with Crippen LogP contribution in [0, 0.1) is 5.92 Å². The molecule has 1 N–H and O–H groups in total. The third-order valence-electron chi connectivity index (χ3n) is 4.43. The third-order valence-corrected chi connectivity index (χ3v) is 7.45. The van der Waals surface area contributed by atoms with Gasteiger partial charge in [-0.15, -0.1) is 11.3 Å². The minimum Gasteiger partial charge on any atom is -0.312 e. The van der Waals surface area contributed by atoms with Crippen molar-refractivity contribution in [2.24, 2.45) is 5.92 Å². The molecule has 1 aliphatic carbocycles. The van der Waals surface area contributed by atoms with Crippen LogP contribution in [0.25, 0.3) is 0 Å². The topological polar surface area (TPSA) is 49.4 Å². The summed E-state index contributed by atoms with van der Waals surface area (Å²) < 4.78 is 27.5. The largest absolute Gasteiger partial charge is 0.312 e. The van der Waals surface area contributed by atoms with E-state index in [1.54, 1.807) is 17.4 Å². The SMILES string of the molecule is CCNCc1sccc1S(=O)(=O)N(C)C1CCCCC1C. The summed E-state index contributed by atoms with van der Waals surface area (Å²) in [6.07, 6.45) is 4.44. The highest BCUT2D eigenvalue weighted by atomic mass is 32.2. The molecule has 0 aliphatic heterocycles. The van der Waals surface area contributed by atoms with Gasteiger partial charge in [-0.2, -0.15) is 4.31 Å². The van der Waals surface area contributed by atoms with Crippen molar-refractivity contribution in [2.75, 3.05) is 13.6 Å². The van der Waals surface area contributed by atoms with E-state index in [1.807, 2.05) is 12.3 Å². The van der Waals surface area contributed by atoms with Gasteiger partial charge in [0.05, 0.1) is 4.90 Å². The molecule has 1 aromatic rings. The van der Waals surface area contributed by atoms with Gasteiger partial charge in [-0.1, -0.05) is 26.7 Å². The minimum absolute atomic E-state index is 0.135. The molecular weight excluding hydrogens is 304 g/mol. The van der Waals surface area contributed by atoms with Crippen molar-refractivity contribution in [3.8, 4) is 0 Å². The van der Waals surface area contributed by atoms with E-state index in [-0.39, 0.29) is 6.04 Å². The number of nitrogens with one attached hydrogen (secondary N) is 1. The van der Waals surface area contributed by atoms with Crippen LogP contribution in [0.4, 0.5) is 0 Å². The molecule has 1 fully saturated rings. The van der Waals surface area contributed by atoms with Crippen LogP contribution in [0.2, 0.25) is 0 Å². The molecule has 0 spiro atoms. The van der Waals surface area contributed by atoms with Crippen LogP contribution < -0.4 is 5.32 Å². The normalized spacial score (nSPS) is 23.6. The Bertz CT molecular complexity index is 554. The molecule has 2 atom stereocenters. The van der Waals surface area contributed by atoms with E-state index in [4.69, 9.17) is 0 Å².